The van der Waals surface area contributed by atoms with E-state index < -0.39 is 8.24 Å². The van der Waals surface area contributed by atoms with Gasteiger partial charge in [0.1, 0.15) is 8.24 Å². The summed E-state index contributed by atoms with van der Waals surface area (Å²) in [5.74, 6) is 0. The average Bonchev–Trinajstić information content (AvgIpc) is 1.35. The molecule has 6 heavy (non-hydrogen) atoms. The molecule has 38 valence electrons. The first-order chi connectivity index (χ1) is 2.56. The van der Waals surface area contributed by atoms with Crippen LogP contribution in [0.15, 0.2) is 0 Å². The molecule has 1 N–H and O–H groups in total. The van der Waals surface area contributed by atoms with Gasteiger partial charge in [-0.3, -0.25) is 0 Å². The van der Waals surface area contributed by atoms with E-state index in [0.717, 1.165) is 0 Å². The molecule has 0 aliphatic heterocycles. The second-order valence-corrected chi connectivity index (χ2v) is 7.06. The number of nitrogens with one attached hydrogen (secondary N) is 1. The molecule has 0 rings (SSSR count). The van der Waals surface area contributed by atoms with Crippen molar-refractivity contribution in [1.82, 2.24) is 5.15 Å². The van der Waals surface area contributed by atoms with Crippen LogP contribution in [0, 0.1) is 5.21 Å². The van der Waals surface area contributed by atoms with Gasteiger partial charge < -0.3 is 10.4 Å². The summed E-state index contributed by atoms with van der Waals surface area (Å²) in [6, 6.07) is 0. The molecular weight excluding hydrogens is 94.1 g/mol. The van der Waals surface area contributed by atoms with E-state index in [1.807, 2.05) is 24.8 Å². The zero-order valence-corrected chi connectivity index (χ0v) is 5.41. The van der Waals surface area contributed by atoms with Crippen molar-refractivity contribution in [3.8, 4) is 0 Å². The van der Waals surface area contributed by atoms with E-state index in [0.29, 0.717) is 0 Å². The molecule has 0 spiro atoms. The van der Waals surface area contributed by atoms with E-state index in [2.05, 4.69) is 0 Å². The highest BCUT2D eigenvalue weighted by atomic mass is 28.3. The van der Waals surface area contributed by atoms with Crippen molar-refractivity contribution in [3.63, 3.8) is 0 Å². The first-order valence-electron chi connectivity index (χ1n) is 1.95. The Labute approximate surface area is 39.2 Å². The smallest absolute Gasteiger partial charge is 0.103 e. The molecule has 0 aromatic carbocycles. The Morgan fingerprint density at radius 3 is 1.50 bits per heavy atom. The predicted molar refractivity (Wildman–Crippen MR) is 29.8 cm³/mol. The zero-order valence-electron chi connectivity index (χ0n) is 4.41. The Morgan fingerprint density at radius 2 is 1.50 bits per heavy atom. The monoisotopic (exact) mass is 104 g/mol. The van der Waals surface area contributed by atoms with E-state index in [9.17, 15) is 5.21 Å². The summed E-state index contributed by atoms with van der Waals surface area (Å²) in [5, 5.41) is 11.8. The first-order valence-corrected chi connectivity index (χ1v) is 5.45. The zero-order chi connectivity index (χ0) is 5.21. The molecule has 2 nitrogen and oxygen atoms in total. The van der Waals surface area contributed by atoms with Gasteiger partial charge in [0.25, 0.3) is 0 Å². The summed E-state index contributed by atoms with van der Waals surface area (Å²) < 4.78 is 0. The Bertz CT molecular complexity index is 40.5. The van der Waals surface area contributed by atoms with Gasteiger partial charge in [-0.05, 0) is 0 Å². The predicted octanol–water partition coefficient (Wildman–Crippen LogP) is 0.909. The molecule has 0 saturated carbocycles. The molecule has 0 aliphatic carbocycles. The summed E-state index contributed by atoms with van der Waals surface area (Å²) in [5.41, 5.74) is 0. The van der Waals surface area contributed by atoms with Crippen LogP contribution in [0.25, 0.3) is 0 Å². The quantitative estimate of drug-likeness (QED) is 0.396. The fourth-order valence-corrected chi connectivity index (χ4v) is 0. The minimum atomic E-state index is -1.44. The number of hydrogen-bond donors (Lipinski definition) is 1. The van der Waals surface area contributed by atoms with Crippen molar-refractivity contribution in [2.24, 2.45) is 0 Å². The van der Waals surface area contributed by atoms with E-state index in [-0.39, 0.29) is 0 Å². The van der Waals surface area contributed by atoms with E-state index in [1.54, 1.807) is 0 Å². The summed E-state index contributed by atoms with van der Waals surface area (Å²) in [6.07, 6.45) is 0. The molecule has 0 saturated heterocycles. The van der Waals surface area contributed by atoms with Gasteiger partial charge in [0.2, 0.25) is 0 Å². The Balaban J connectivity index is 3.17. The van der Waals surface area contributed by atoms with Gasteiger partial charge in [0.15, 0.2) is 0 Å². The largest absolute Gasteiger partial charge is 0.794 e. The standard InChI is InChI=1S/C3H10NOSi/c1-6(2,3)4-5/h4H,1-3H3/q-1. The molecule has 0 unspecified atom stereocenters. The highest BCUT2D eigenvalue weighted by Gasteiger charge is 2.03. The second-order valence-electron chi connectivity index (χ2n) is 2.35. The molecule has 0 aromatic rings. The minimum absolute atomic E-state index is 1.44. The number of hydrogen-bond acceptors (Lipinski definition) is 2. The Morgan fingerprint density at radius 1 is 1.33 bits per heavy atom. The molecule has 0 fully saturated rings. The highest BCUT2D eigenvalue weighted by molar-refractivity contribution is 6.73. The SMILES string of the molecule is C[Si](C)(C)N[O-]. The van der Waals surface area contributed by atoms with Crippen LogP contribution >= 0.6 is 0 Å². The van der Waals surface area contributed by atoms with Gasteiger partial charge in [-0.2, -0.15) is 0 Å². The molecule has 0 aromatic heterocycles. The second kappa shape index (κ2) is 1.73. The van der Waals surface area contributed by atoms with E-state index in [4.69, 9.17) is 0 Å². The van der Waals surface area contributed by atoms with Crippen LogP contribution < -0.4 is 5.15 Å². The minimum Gasteiger partial charge on any atom is -0.794 e. The normalized spacial score (nSPS) is 12.0. The van der Waals surface area contributed by atoms with Crippen LogP contribution in [0.2, 0.25) is 19.6 Å². The topological polar surface area (TPSA) is 35.1 Å². The maximum absolute atomic E-state index is 9.76. The lowest BCUT2D eigenvalue weighted by atomic mass is 11.8. The van der Waals surface area contributed by atoms with E-state index in [1.165, 1.54) is 0 Å². The molecule has 0 radical (unpaired) electrons. The maximum atomic E-state index is 9.76. The Kier molecular flexibility index (Phi) is 1.77. The molecule has 0 atom stereocenters. The average molecular weight is 104 g/mol. The van der Waals surface area contributed by atoms with Crippen LogP contribution in [0.5, 0.6) is 0 Å². The fourth-order valence-electron chi connectivity index (χ4n) is 0. The van der Waals surface area contributed by atoms with Gasteiger partial charge in [-0.1, -0.05) is 19.6 Å². The third-order valence-electron chi connectivity index (χ3n) is 0.306. The summed E-state index contributed by atoms with van der Waals surface area (Å²) in [6.45, 7) is 5.88. The van der Waals surface area contributed by atoms with Crippen molar-refractivity contribution in [2.75, 3.05) is 0 Å². The van der Waals surface area contributed by atoms with Gasteiger partial charge in [-0.25, -0.2) is 0 Å². The van der Waals surface area contributed by atoms with Crippen molar-refractivity contribution in [1.29, 1.82) is 0 Å². The van der Waals surface area contributed by atoms with Crippen LogP contribution in [0.3, 0.4) is 0 Å². The third-order valence-corrected chi connectivity index (χ3v) is 0.919. The summed E-state index contributed by atoms with van der Waals surface area (Å²) in [4.78, 5) is 0. The maximum Gasteiger partial charge on any atom is 0.103 e. The van der Waals surface area contributed by atoms with E-state index >= 15 is 0 Å². The molecule has 0 bridgehead atoms. The van der Waals surface area contributed by atoms with Crippen molar-refractivity contribution in [3.05, 3.63) is 5.21 Å². The molecule has 0 aliphatic rings. The van der Waals surface area contributed by atoms with Crippen LogP contribution in [0.4, 0.5) is 0 Å². The lowest BCUT2D eigenvalue weighted by molar-refractivity contribution is 1.27. The van der Waals surface area contributed by atoms with Gasteiger partial charge >= 0.3 is 0 Å². The molecule has 3 heteroatoms. The van der Waals surface area contributed by atoms with Gasteiger partial charge in [-0.15, -0.1) is 0 Å². The van der Waals surface area contributed by atoms with Crippen LogP contribution in [-0.4, -0.2) is 8.24 Å². The first kappa shape index (κ1) is 6.14. The van der Waals surface area contributed by atoms with Gasteiger partial charge in [0, 0.05) is 0 Å². The lowest BCUT2D eigenvalue weighted by Gasteiger charge is -2.21. The van der Waals surface area contributed by atoms with Crippen molar-refractivity contribution in [2.45, 2.75) is 19.6 Å². The van der Waals surface area contributed by atoms with Crippen molar-refractivity contribution >= 4 is 8.24 Å². The number of rotatable bonds is 1. The summed E-state index contributed by atoms with van der Waals surface area (Å²) >= 11 is 0. The highest BCUT2D eigenvalue weighted by Crippen LogP contribution is 1.89. The van der Waals surface area contributed by atoms with Gasteiger partial charge in [0.05, 0.1) is 0 Å². The van der Waals surface area contributed by atoms with Crippen LogP contribution in [-0.2, 0) is 0 Å². The Hall–Kier alpha value is 0.137. The van der Waals surface area contributed by atoms with Crippen LogP contribution in [0.1, 0.15) is 0 Å². The lowest BCUT2D eigenvalue weighted by Crippen LogP contribution is -2.36. The molecule has 0 amide bonds. The van der Waals surface area contributed by atoms with Crippen molar-refractivity contribution < 1.29 is 0 Å². The fraction of sp³-hybridized carbons (Fsp3) is 1.00. The molecular formula is C3H10NOSi-. The third kappa shape index (κ3) is 4.14. The molecule has 0 heterocycles. The summed E-state index contributed by atoms with van der Waals surface area (Å²) in [7, 11) is -1.44.